The number of hydrogen-bond acceptors (Lipinski definition) is 0. The van der Waals surface area contributed by atoms with E-state index in [1.807, 2.05) is 19.4 Å². The molecule has 0 heterocycles. The van der Waals surface area contributed by atoms with E-state index in [2.05, 4.69) is 27.9 Å². The first-order valence-electron chi connectivity index (χ1n) is 20.1. The highest BCUT2D eigenvalue weighted by molar-refractivity contribution is 4.52. The Hall–Kier alpha value is 0.500. The lowest BCUT2D eigenvalue weighted by atomic mass is 10.0. The van der Waals surface area contributed by atoms with Crippen LogP contribution in [0.15, 0.2) is 0 Å². The van der Waals surface area contributed by atoms with Gasteiger partial charge in [-0.2, -0.15) is 0 Å². The van der Waals surface area contributed by atoms with Crippen molar-refractivity contribution in [1.29, 1.82) is 0 Å². The number of rotatable bonds is 34. The van der Waals surface area contributed by atoms with Gasteiger partial charge in [-0.05, 0) is 25.7 Å². The van der Waals surface area contributed by atoms with E-state index in [0.29, 0.717) is 0 Å². The third kappa shape index (κ3) is 49.4. The molecule has 2 N–H and O–H groups in total. The van der Waals surface area contributed by atoms with Crippen LogP contribution in [0.3, 0.4) is 0 Å². The van der Waals surface area contributed by atoms with Crippen LogP contribution in [0.5, 0.6) is 0 Å². The minimum atomic E-state index is 0. The summed E-state index contributed by atoms with van der Waals surface area (Å²) in [5, 5.41) is 2.00. The second-order valence-corrected chi connectivity index (χ2v) is 14.6. The molecule has 0 aromatic rings. The molecule has 0 aromatic carbocycles. The topological polar surface area (TPSA) is 16.6 Å². The summed E-state index contributed by atoms with van der Waals surface area (Å²) in [6, 6.07) is 0. The van der Waals surface area contributed by atoms with Crippen LogP contribution in [0, 0.1) is 0 Å². The molecule has 0 aromatic heterocycles. The molecule has 0 aliphatic rings. The molecule has 0 saturated heterocycles. The summed E-state index contributed by atoms with van der Waals surface area (Å²) in [5.74, 6) is 0. The van der Waals surface area contributed by atoms with Crippen molar-refractivity contribution in [3.8, 4) is 0 Å². The molecule has 2 nitrogen and oxygen atoms in total. The van der Waals surface area contributed by atoms with Gasteiger partial charge in [0.1, 0.15) is 0 Å². The number of quaternary nitrogens is 2. The Morgan fingerprint density at radius 1 is 0.295 bits per heavy atom. The quantitative estimate of drug-likeness (QED) is 0.0604. The summed E-state index contributed by atoms with van der Waals surface area (Å²) in [4.78, 5) is 0. The molecule has 0 rings (SSSR count). The van der Waals surface area contributed by atoms with Gasteiger partial charge < -0.3 is 34.6 Å². The van der Waals surface area contributed by atoms with Crippen LogP contribution in [0.25, 0.3) is 0 Å². The van der Waals surface area contributed by atoms with Crippen molar-refractivity contribution in [3.05, 3.63) is 0 Å². The fourth-order valence-electron chi connectivity index (χ4n) is 6.29. The van der Waals surface area contributed by atoms with Crippen LogP contribution in [-0.2, 0) is 0 Å². The number of unbranched alkanes of at least 4 members (excludes halogenated alkanes) is 30. The van der Waals surface area contributed by atoms with E-state index in [0.717, 1.165) is 0 Å². The number of halogens is 2. The minimum absolute atomic E-state index is 0. The average molecular weight is 668 g/mol. The Morgan fingerprint density at radius 2 is 0.432 bits per heavy atom. The van der Waals surface area contributed by atoms with Crippen molar-refractivity contribution in [2.45, 2.75) is 219 Å². The number of hydrogen-bond donors (Lipinski definition) is 1. The predicted molar refractivity (Wildman–Crippen MR) is 195 cm³/mol. The molecule has 4 heteroatoms. The van der Waals surface area contributed by atoms with Crippen molar-refractivity contribution >= 4 is 0 Å². The van der Waals surface area contributed by atoms with Gasteiger partial charge in [0.15, 0.2) is 0 Å². The standard InChI is InChI=1S/C38H80N.C2H7N.2ClH/c1-5-7-9-11-13-15-17-19-21-23-25-27-29-31-33-35-37-39(3,4)38-36-34-32-30-28-26-24-22-20-18-16-14-12-10-8-6-2;1-3-2;;/h5-38H2,1-4H3;3H,1-2H3;2*1H/q+1;;;/p-1. The predicted octanol–water partition coefficient (Wildman–Crippen LogP) is 6.40. The first kappa shape index (κ1) is 51.3. The van der Waals surface area contributed by atoms with Gasteiger partial charge in [0.05, 0.1) is 41.3 Å². The first-order valence-corrected chi connectivity index (χ1v) is 20.1. The van der Waals surface area contributed by atoms with Crippen LogP contribution < -0.4 is 30.1 Å². The van der Waals surface area contributed by atoms with Gasteiger partial charge >= 0.3 is 0 Å². The Balaban J connectivity index is -0.00000153. The van der Waals surface area contributed by atoms with Gasteiger partial charge in [0, 0.05) is 0 Å². The first-order chi connectivity index (χ1) is 20.5. The molecule has 272 valence electrons. The minimum Gasteiger partial charge on any atom is -1.00 e. The molecule has 0 bridgehead atoms. The maximum Gasteiger partial charge on any atom is 0.0782 e. The van der Waals surface area contributed by atoms with E-state index < -0.39 is 0 Å². The monoisotopic (exact) mass is 667 g/mol. The van der Waals surface area contributed by atoms with E-state index in [1.165, 1.54) is 223 Å². The molecular formula is C40H88Cl2N2. The fraction of sp³-hybridized carbons (Fsp3) is 1.00. The van der Waals surface area contributed by atoms with Gasteiger partial charge in [-0.15, -0.1) is 0 Å². The van der Waals surface area contributed by atoms with Gasteiger partial charge in [-0.1, -0.05) is 194 Å². The van der Waals surface area contributed by atoms with Crippen molar-refractivity contribution in [3.63, 3.8) is 0 Å². The second-order valence-electron chi connectivity index (χ2n) is 14.6. The molecule has 44 heavy (non-hydrogen) atoms. The lowest BCUT2D eigenvalue weighted by Crippen LogP contribution is -3.00. The van der Waals surface area contributed by atoms with Crippen LogP contribution in [0.4, 0.5) is 0 Å². The third-order valence-electron chi connectivity index (χ3n) is 9.23. The van der Waals surface area contributed by atoms with E-state index in [4.69, 9.17) is 0 Å². The highest BCUT2D eigenvalue weighted by Gasteiger charge is 2.13. The molecule has 0 unspecified atom stereocenters. The molecular weight excluding hydrogens is 579 g/mol. The number of nitrogens with zero attached hydrogens (tertiary/aromatic N) is 1. The molecule has 0 aliphatic carbocycles. The van der Waals surface area contributed by atoms with E-state index >= 15 is 0 Å². The van der Waals surface area contributed by atoms with Gasteiger partial charge in [-0.25, -0.2) is 0 Å². The van der Waals surface area contributed by atoms with Crippen LogP contribution in [0.2, 0.25) is 0 Å². The summed E-state index contributed by atoms with van der Waals surface area (Å²) in [7, 11) is 8.94. The Kier molecular flexibility index (Phi) is 53.2. The summed E-state index contributed by atoms with van der Waals surface area (Å²) in [6.45, 7) is 7.39. The van der Waals surface area contributed by atoms with Gasteiger partial charge in [0.25, 0.3) is 0 Å². The average Bonchev–Trinajstić information content (AvgIpc) is 2.97. The van der Waals surface area contributed by atoms with Gasteiger partial charge in [-0.3, -0.25) is 0 Å². The molecule has 0 fully saturated rings. The maximum atomic E-state index is 2.47. The van der Waals surface area contributed by atoms with Crippen LogP contribution in [-0.4, -0.2) is 45.8 Å². The smallest absolute Gasteiger partial charge is 0.0782 e. The van der Waals surface area contributed by atoms with E-state index in [9.17, 15) is 0 Å². The molecule has 0 amide bonds. The summed E-state index contributed by atoms with van der Waals surface area (Å²) in [6.07, 6.45) is 46.9. The lowest BCUT2D eigenvalue weighted by molar-refractivity contribution is -0.890. The van der Waals surface area contributed by atoms with Gasteiger partial charge in [0.2, 0.25) is 0 Å². The Bertz CT molecular complexity index is 421. The molecule has 0 saturated carbocycles. The maximum absolute atomic E-state index is 2.47. The normalized spacial score (nSPS) is 11.0. The van der Waals surface area contributed by atoms with Crippen molar-refractivity contribution < 1.29 is 34.6 Å². The van der Waals surface area contributed by atoms with E-state index in [-0.39, 0.29) is 24.8 Å². The number of nitrogens with two attached hydrogens (primary N) is 1. The lowest BCUT2D eigenvalue weighted by Gasteiger charge is -2.30. The van der Waals surface area contributed by atoms with Crippen molar-refractivity contribution in [1.82, 2.24) is 0 Å². The van der Waals surface area contributed by atoms with Crippen LogP contribution in [0.1, 0.15) is 219 Å². The fourth-order valence-corrected chi connectivity index (χ4v) is 6.29. The molecule has 0 aliphatic heterocycles. The molecule has 0 spiro atoms. The zero-order valence-electron chi connectivity index (χ0n) is 31.8. The van der Waals surface area contributed by atoms with E-state index in [1.54, 1.807) is 0 Å². The Labute approximate surface area is 294 Å². The summed E-state index contributed by atoms with van der Waals surface area (Å²) >= 11 is 0. The summed E-state index contributed by atoms with van der Waals surface area (Å²) < 4.78 is 1.25. The zero-order valence-corrected chi connectivity index (χ0v) is 33.3. The SMILES string of the molecule is CCCCCCCCCCCCCCCCCC[N+](C)(C)CCCCCCCCCCCCCCCCCC.C[NH2+]C.[Cl-].[Cl-]. The van der Waals surface area contributed by atoms with Crippen molar-refractivity contribution in [2.24, 2.45) is 0 Å². The third-order valence-corrected chi connectivity index (χ3v) is 9.23. The largest absolute Gasteiger partial charge is 1.00 e. The van der Waals surface area contributed by atoms with Crippen LogP contribution >= 0.6 is 0 Å². The molecule has 0 radical (unpaired) electrons. The highest BCUT2D eigenvalue weighted by Crippen LogP contribution is 2.16. The highest BCUT2D eigenvalue weighted by atomic mass is 35.5. The second kappa shape index (κ2) is 45.6. The Morgan fingerprint density at radius 3 is 0.591 bits per heavy atom. The zero-order chi connectivity index (χ0) is 31.2. The van der Waals surface area contributed by atoms with Crippen molar-refractivity contribution in [2.75, 3.05) is 41.3 Å². The summed E-state index contributed by atoms with van der Waals surface area (Å²) in [5.41, 5.74) is 0. The molecule has 0 atom stereocenters.